The summed E-state index contributed by atoms with van der Waals surface area (Å²) in [5.41, 5.74) is 0. The van der Waals surface area contributed by atoms with Crippen LogP contribution in [0.1, 0.15) is 0 Å². The van der Waals surface area contributed by atoms with Crippen molar-refractivity contribution in [3.05, 3.63) is 17.5 Å². The number of halogens is 1. The molecule has 0 radical (unpaired) electrons. The molecule has 0 saturated heterocycles. The first-order valence-corrected chi connectivity index (χ1v) is 3.77. The summed E-state index contributed by atoms with van der Waals surface area (Å²) in [5.74, 6) is 0. The minimum atomic E-state index is -2.15. The van der Waals surface area contributed by atoms with Gasteiger partial charge < -0.3 is 4.55 Å². The lowest BCUT2D eigenvalue weighted by Gasteiger charge is -1.92. The second kappa shape index (κ2) is 3.05. The normalized spacial score (nSPS) is 13.0. The number of nitrogens with zero attached hydrogens (tertiary/aromatic N) is 2. The van der Waals surface area contributed by atoms with E-state index < -0.39 is 11.1 Å². The van der Waals surface area contributed by atoms with Gasteiger partial charge >= 0.3 is 0 Å². The molecule has 1 unspecified atom stereocenters. The summed E-state index contributed by atoms with van der Waals surface area (Å²) < 4.78 is 18.8. The van der Waals surface area contributed by atoms with E-state index in [4.69, 9.17) is 16.2 Å². The van der Waals surface area contributed by atoms with Crippen molar-refractivity contribution in [2.45, 2.75) is 5.03 Å². The smallest absolute Gasteiger partial charge is 0.208 e. The zero-order chi connectivity index (χ0) is 7.56. The third kappa shape index (κ3) is 1.50. The van der Waals surface area contributed by atoms with Gasteiger partial charge in [0, 0.05) is 12.4 Å². The van der Waals surface area contributed by atoms with E-state index in [1.165, 1.54) is 12.4 Å². The van der Waals surface area contributed by atoms with Gasteiger partial charge in [0.25, 0.3) is 0 Å². The molecule has 1 aromatic heterocycles. The molecule has 1 N–H and O–H groups in total. The average molecular weight is 179 g/mol. The van der Waals surface area contributed by atoms with E-state index in [1.807, 2.05) is 0 Å². The lowest BCUT2D eigenvalue weighted by molar-refractivity contribution is 0.560. The number of hydrogen-bond acceptors (Lipinski definition) is 3. The summed E-state index contributed by atoms with van der Waals surface area (Å²) in [6, 6.07) is 0. The molecule has 4 nitrogen and oxygen atoms in total. The average Bonchev–Trinajstić information content (AvgIpc) is 1.88. The zero-order valence-corrected chi connectivity index (χ0v) is 6.26. The zero-order valence-electron chi connectivity index (χ0n) is 4.69. The van der Waals surface area contributed by atoms with E-state index in [2.05, 4.69) is 9.97 Å². The minimum absolute atomic E-state index is 0.0386. The molecule has 0 saturated carbocycles. The fourth-order valence-corrected chi connectivity index (χ4v) is 1.08. The first-order chi connectivity index (χ1) is 4.72. The molecule has 0 amide bonds. The molecular weight excluding hydrogens is 176 g/mol. The molecule has 0 spiro atoms. The first-order valence-electron chi connectivity index (χ1n) is 2.29. The van der Waals surface area contributed by atoms with Crippen LogP contribution in [-0.4, -0.2) is 18.7 Å². The standard InChI is InChI=1S/C4H3ClN2O2S/c5-3-4(10(8)9)7-2-1-6-3/h1-2H,(H,8,9). The Balaban J connectivity index is 3.15. The second-order valence-electron chi connectivity index (χ2n) is 1.40. The van der Waals surface area contributed by atoms with Gasteiger partial charge in [-0.1, -0.05) is 11.6 Å². The van der Waals surface area contributed by atoms with Gasteiger partial charge in [-0.2, -0.15) is 0 Å². The fourth-order valence-electron chi connectivity index (χ4n) is 0.425. The van der Waals surface area contributed by atoms with E-state index in [-0.39, 0.29) is 10.2 Å². The summed E-state index contributed by atoms with van der Waals surface area (Å²) in [4.78, 5) is 7.08. The molecule has 6 heteroatoms. The van der Waals surface area contributed by atoms with Crippen LogP contribution >= 0.6 is 11.6 Å². The molecule has 0 bridgehead atoms. The Morgan fingerprint density at radius 1 is 1.50 bits per heavy atom. The molecule has 0 fully saturated rings. The van der Waals surface area contributed by atoms with Crippen LogP contribution < -0.4 is 0 Å². The highest BCUT2D eigenvalue weighted by atomic mass is 35.5. The largest absolute Gasteiger partial charge is 0.301 e. The molecule has 0 aliphatic rings. The third-order valence-corrected chi connectivity index (χ3v) is 1.81. The highest BCUT2D eigenvalue weighted by Gasteiger charge is 2.06. The van der Waals surface area contributed by atoms with Crippen molar-refractivity contribution in [2.75, 3.05) is 0 Å². The van der Waals surface area contributed by atoms with Crippen LogP contribution in [0.2, 0.25) is 5.15 Å². The fraction of sp³-hybridized carbons (Fsp3) is 0. The summed E-state index contributed by atoms with van der Waals surface area (Å²) in [7, 11) is 0. The van der Waals surface area contributed by atoms with Gasteiger partial charge in [0.15, 0.2) is 10.2 Å². The van der Waals surface area contributed by atoms with Gasteiger partial charge in [-0.05, 0) is 0 Å². The Kier molecular flexibility index (Phi) is 2.31. The van der Waals surface area contributed by atoms with Gasteiger partial charge in [0.1, 0.15) is 0 Å². The lowest BCUT2D eigenvalue weighted by atomic mass is 10.8. The highest BCUT2D eigenvalue weighted by Crippen LogP contribution is 2.10. The Morgan fingerprint density at radius 2 is 2.10 bits per heavy atom. The Bertz CT molecular complexity index is 267. The van der Waals surface area contributed by atoms with Crippen LogP contribution in [0, 0.1) is 0 Å². The van der Waals surface area contributed by atoms with Crippen LogP contribution in [0.5, 0.6) is 0 Å². The van der Waals surface area contributed by atoms with E-state index >= 15 is 0 Å². The van der Waals surface area contributed by atoms with Crippen LogP contribution in [0.3, 0.4) is 0 Å². The van der Waals surface area contributed by atoms with Crippen LogP contribution in [-0.2, 0) is 11.1 Å². The molecule has 0 aliphatic carbocycles. The van der Waals surface area contributed by atoms with E-state index in [0.717, 1.165) is 0 Å². The van der Waals surface area contributed by atoms with Crippen molar-refractivity contribution >= 4 is 22.7 Å². The maximum atomic E-state index is 10.3. The molecule has 1 atom stereocenters. The summed E-state index contributed by atoms with van der Waals surface area (Å²) >= 11 is 3.25. The molecule has 1 rings (SSSR count). The first kappa shape index (κ1) is 7.59. The van der Waals surface area contributed by atoms with Gasteiger partial charge in [-0.15, -0.1) is 0 Å². The maximum Gasteiger partial charge on any atom is 0.208 e. The Labute approximate surface area is 64.6 Å². The SMILES string of the molecule is O=S(O)c1nccnc1Cl. The molecular formula is C4H3ClN2O2S. The van der Waals surface area contributed by atoms with Crippen LogP contribution in [0.15, 0.2) is 17.4 Å². The van der Waals surface area contributed by atoms with Gasteiger partial charge in [0.2, 0.25) is 11.1 Å². The quantitative estimate of drug-likeness (QED) is 0.644. The van der Waals surface area contributed by atoms with E-state index in [9.17, 15) is 4.21 Å². The van der Waals surface area contributed by atoms with Crippen molar-refractivity contribution in [1.29, 1.82) is 0 Å². The van der Waals surface area contributed by atoms with Gasteiger partial charge in [-0.25, -0.2) is 14.2 Å². The summed E-state index contributed by atoms with van der Waals surface area (Å²) in [6.07, 6.45) is 2.65. The molecule has 0 aliphatic heterocycles. The van der Waals surface area contributed by atoms with E-state index in [0.29, 0.717) is 0 Å². The van der Waals surface area contributed by atoms with Gasteiger partial charge in [-0.3, -0.25) is 0 Å². The Hall–Kier alpha value is -0.520. The van der Waals surface area contributed by atoms with Crippen molar-refractivity contribution in [3.8, 4) is 0 Å². The molecule has 1 aromatic rings. The summed E-state index contributed by atoms with van der Waals surface area (Å²) in [6.45, 7) is 0. The number of rotatable bonds is 1. The van der Waals surface area contributed by atoms with Crippen LogP contribution in [0.4, 0.5) is 0 Å². The minimum Gasteiger partial charge on any atom is -0.301 e. The van der Waals surface area contributed by atoms with Crippen molar-refractivity contribution in [2.24, 2.45) is 0 Å². The van der Waals surface area contributed by atoms with Crippen molar-refractivity contribution < 1.29 is 8.76 Å². The lowest BCUT2D eigenvalue weighted by Crippen LogP contribution is -1.94. The summed E-state index contributed by atoms with van der Waals surface area (Å²) in [5, 5.41) is -0.146. The molecule has 54 valence electrons. The van der Waals surface area contributed by atoms with Crippen LogP contribution in [0.25, 0.3) is 0 Å². The molecule has 1 heterocycles. The van der Waals surface area contributed by atoms with Gasteiger partial charge in [0.05, 0.1) is 0 Å². The molecule has 10 heavy (non-hydrogen) atoms. The Morgan fingerprint density at radius 3 is 2.50 bits per heavy atom. The predicted octanol–water partition coefficient (Wildman–Crippen LogP) is 0.711. The highest BCUT2D eigenvalue weighted by molar-refractivity contribution is 7.79. The van der Waals surface area contributed by atoms with Crippen molar-refractivity contribution in [1.82, 2.24) is 9.97 Å². The van der Waals surface area contributed by atoms with E-state index in [1.54, 1.807) is 0 Å². The second-order valence-corrected chi connectivity index (χ2v) is 2.64. The van der Waals surface area contributed by atoms with Crippen molar-refractivity contribution in [3.63, 3.8) is 0 Å². The number of hydrogen-bond donors (Lipinski definition) is 1. The monoisotopic (exact) mass is 178 g/mol. The predicted molar refractivity (Wildman–Crippen MR) is 36.1 cm³/mol. The molecule has 0 aromatic carbocycles. The topological polar surface area (TPSA) is 63.1 Å². The number of aromatic nitrogens is 2. The third-order valence-electron chi connectivity index (χ3n) is 0.788. The maximum absolute atomic E-state index is 10.3.